The second-order valence-electron chi connectivity index (χ2n) is 2.63. The Labute approximate surface area is 74.1 Å². The molecule has 3 nitrogen and oxygen atoms in total. The van der Waals surface area contributed by atoms with Crippen LogP contribution in [-0.4, -0.2) is 11.8 Å². The van der Waals surface area contributed by atoms with Crippen molar-refractivity contribution in [3.05, 3.63) is 20.8 Å². The molecule has 0 amide bonds. The summed E-state index contributed by atoms with van der Waals surface area (Å²) in [6.07, 6.45) is 1.00. The Morgan fingerprint density at radius 2 is 2.58 bits per heavy atom. The predicted molar refractivity (Wildman–Crippen MR) is 48.5 cm³/mol. The summed E-state index contributed by atoms with van der Waals surface area (Å²) < 4.78 is 0.947. The quantitative estimate of drug-likeness (QED) is 0.647. The molecule has 1 aromatic rings. The van der Waals surface area contributed by atoms with Gasteiger partial charge >= 0.3 is 0 Å². The van der Waals surface area contributed by atoms with Crippen LogP contribution in [0.3, 0.4) is 0 Å². The summed E-state index contributed by atoms with van der Waals surface area (Å²) in [6.45, 7) is 2.59. The summed E-state index contributed by atoms with van der Waals surface area (Å²) in [4.78, 5) is 5.50. The van der Waals surface area contributed by atoms with Gasteiger partial charge in [-0.25, -0.2) is 0 Å². The highest BCUT2D eigenvalue weighted by atomic mass is 32.1. The van der Waals surface area contributed by atoms with Gasteiger partial charge in [-0.05, 0) is 12.5 Å². The van der Waals surface area contributed by atoms with Crippen LogP contribution in [0.2, 0.25) is 0 Å². The van der Waals surface area contributed by atoms with Crippen LogP contribution in [-0.2, 0) is 6.42 Å². The Morgan fingerprint density at radius 3 is 3.25 bits per heavy atom. The molecule has 0 bridgehead atoms. The maximum Gasteiger partial charge on any atom is 0.196 e. The normalized spacial score (nSPS) is 14.9. The molecule has 0 aromatic carbocycles. The van der Waals surface area contributed by atoms with Gasteiger partial charge < -0.3 is 10.4 Å². The van der Waals surface area contributed by atoms with Crippen molar-refractivity contribution < 1.29 is 5.11 Å². The molecule has 0 saturated heterocycles. The minimum atomic E-state index is 0.260. The van der Waals surface area contributed by atoms with Gasteiger partial charge in [-0.15, -0.1) is 11.3 Å². The number of hydrogen-bond donors (Lipinski definition) is 2. The molecule has 0 spiro atoms. The second-order valence-corrected chi connectivity index (χ2v) is 3.74. The molecule has 4 heteroatoms. The van der Waals surface area contributed by atoms with E-state index in [9.17, 15) is 5.11 Å². The van der Waals surface area contributed by atoms with E-state index in [1.807, 2.05) is 6.07 Å². The summed E-state index contributed by atoms with van der Waals surface area (Å²) in [5, 5.41) is 13.1. The Morgan fingerprint density at radius 1 is 1.75 bits per heavy atom. The number of aliphatic hydroxyl groups is 1. The van der Waals surface area contributed by atoms with E-state index in [-0.39, 0.29) is 5.88 Å². The van der Waals surface area contributed by atoms with Gasteiger partial charge in [-0.3, -0.25) is 4.99 Å². The van der Waals surface area contributed by atoms with Crippen molar-refractivity contribution in [1.82, 2.24) is 5.32 Å². The average molecular weight is 182 g/mol. The summed E-state index contributed by atoms with van der Waals surface area (Å²) in [5.41, 5.74) is 0. The molecule has 1 aromatic heterocycles. The molecule has 64 valence electrons. The van der Waals surface area contributed by atoms with E-state index < -0.39 is 0 Å². The number of rotatable bonds is 1. The lowest BCUT2D eigenvalue weighted by atomic mass is 10.3. The van der Waals surface area contributed by atoms with Crippen molar-refractivity contribution >= 4 is 17.2 Å². The first-order valence-corrected chi connectivity index (χ1v) is 4.73. The molecule has 2 N–H and O–H groups in total. The zero-order valence-corrected chi connectivity index (χ0v) is 7.61. The molecule has 0 fully saturated rings. The van der Waals surface area contributed by atoms with Crippen LogP contribution in [0.15, 0.2) is 11.1 Å². The monoisotopic (exact) mass is 182 g/mol. The maximum absolute atomic E-state index is 9.42. The van der Waals surface area contributed by atoms with E-state index in [1.165, 1.54) is 4.88 Å². The smallest absolute Gasteiger partial charge is 0.196 e. The first-order valence-electron chi connectivity index (χ1n) is 3.91. The lowest BCUT2D eigenvalue weighted by Crippen LogP contribution is -2.34. The number of nitrogens with zero attached hydrogens (tertiary/aromatic N) is 1. The fourth-order valence-electron chi connectivity index (χ4n) is 1.17. The van der Waals surface area contributed by atoms with E-state index in [2.05, 4.69) is 17.2 Å². The second kappa shape index (κ2) is 2.79. The highest BCUT2D eigenvalue weighted by Crippen LogP contribution is 2.01. The number of thiophene rings is 1. The maximum atomic E-state index is 9.42. The fourth-order valence-corrected chi connectivity index (χ4v) is 2.14. The van der Waals surface area contributed by atoms with Crippen LogP contribution >= 0.6 is 11.3 Å². The fraction of sp³-hybridized carbons (Fsp3) is 0.375. The molecule has 0 aliphatic carbocycles. The lowest BCUT2D eigenvalue weighted by molar-refractivity contribution is 0.454. The molecule has 12 heavy (non-hydrogen) atoms. The van der Waals surface area contributed by atoms with Crippen molar-refractivity contribution in [2.45, 2.75) is 13.3 Å². The van der Waals surface area contributed by atoms with Crippen molar-refractivity contribution in [3.8, 4) is 0 Å². The molecule has 0 unspecified atom stereocenters. The molecular weight excluding hydrogens is 172 g/mol. The summed E-state index contributed by atoms with van der Waals surface area (Å²) in [5.74, 6) is 0.260. The first-order chi connectivity index (χ1) is 5.81. The van der Waals surface area contributed by atoms with Crippen LogP contribution in [0.1, 0.15) is 11.8 Å². The topological polar surface area (TPSA) is 44.6 Å². The van der Waals surface area contributed by atoms with E-state index >= 15 is 0 Å². The Bertz CT molecular complexity index is 407. The Hall–Kier alpha value is -1.03. The van der Waals surface area contributed by atoms with E-state index in [0.29, 0.717) is 6.67 Å². The van der Waals surface area contributed by atoms with Gasteiger partial charge in [0.1, 0.15) is 11.3 Å². The van der Waals surface area contributed by atoms with E-state index in [1.54, 1.807) is 11.3 Å². The van der Waals surface area contributed by atoms with Crippen molar-refractivity contribution in [3.63, 3.8) is 0 Å². The highest BCUT2D eigenvalue weighted by Gasteiger charge is 2.05. The SMILES string of the molecule is CCc1cc2c(s1)=NCNC=2O. The first kappa shape index (κ1) is 7.61. The Balaban J connectivity index is 2.73. The van der Waals surface area contributed by atoms with E-state index in [0.717, 1.165) is 16.3 Å². The molecule has 0 radical (unpaired) electrons. The summed E-state index contributed by atoms with van der Waals surface area (Å²) in [7, 11) is 0. The minimum absolute atomic E-state index is 0.260. The predicted octanol–water partition coefficient (Wildman–Crippen LogP) is 0.115. The van der Waals surface area contributed by atoms with Gasteiger partial charge in [0.15, 0.2) is 5.88 Å². The largest absolute Gasteiger partial charge is 0.494 e. The zero-order valence-electron chi connectivity index (χ0n) is 6.79. The molecule has 2 heterocycles. The zero-order chi connectivity index (χ0) is 8.55. The standard InChI is InChI=1S/C8H10N2OS/c1-2-5-3-6-7(11)9-4-10-8(6)12-5/h3,9,11H,2,4H2,1H3. The van der Waals surface area contributed by atoms with Crippen molar-refractivity contribution in [2.24, 2.45) is 4.99 Å². The minimum Gasteiger partial charge on any atom is -0.494 e. The summed E-state index contributed by atoms with van der Waals surface area (Å²) in [6, 6.07) is 1.99. The Kier molecular flexibility index (Phi) is 1.77. The number of nitrogens with one attached hydrogen (secondary N) is 1. The average Bonchev–Trinajstić information content (AvgIpc) is 2.49. The molecule has 0 saturated carbocycles. The highest BCUT2D eigenvalue weighted by molar-refractivity contribution is 7.09. The van der Waals surface area contributed by atoms with E-state index in [4.69, 9.17) is 0 Å². The third-order valence-corrected chi connectivity index (χ3v) is 3.05. The number of hydrogen-bond acceptors (Lipinski definition) is 4. The van der Waals surface area contributed by atoms with Crippen LogP contribution in [0.25, 0.3) is 5.88 Å². The van der Waals surface area contributed by atoms with Gasteiger partial charge in [0.2, 0.25) is 0 Å². The lowest BCUT2D eigenvalue weighted by Gasteiger charge is -2.02. The molecule has 2 rings (SSSR count). The third kappa shape index (κ3) is 1.08. The third-order valence-electron chi connectivity index (χ3n) is 1.84. The van der Waals surface area contributed by atoms with Crippen molar-refractivity contribution in [1.29, 1.82) is 0 Å². The van der Waals surface area contributed by atoms with Crippen LogP contribution in [0.5, 0.6) is 0 Å². The molecule has 0 atom stereocenters. The van der Waals surface area contributed by atoms with Crippen LogP contribution in [0, 0.1) is 0 Å². The number of aliphatic hydroxyl groups excluding tert-OH is 1. The van der Waals surface area contributed by atoms with Gasteiger partial charge in [-0.2, -0.15) is 0 Å². The van der Waals surface area contributed by atoms with Gasteiger partial charge in [0.25, 0.3) is 0 Å². The van der Waals surface area contributed by atoms with Gasteiger partial charge in [-0.1, -0.05) is 6.92 Å². The van der Waals surface area contributed by atoms with Gasteiger partial charge in [0, 0.05) is 4.88 Å². The molecule has 1 aliphatic rings. The summed E-state index contributed by atoms with van der Waals surface area (Å²) >= 11 is 1.65. The van der Waals surface area contributed by atoms with Crippen LogP contribution < -0.4 is 15.2 Å². The molecular formula is C8H10N2OS. The number of fused-ring (bicyclic) bond motifs is 1. The van der Waals surface area contributed by atoms with Crippen LogP contribution in [0.4, 0.5) is 0 Å². The van der Waals surface area contributed by atoms with Gasteiger partial charge in [0.05, 0.1) is 5.22 Å². The van der Waals surface area contributed by atoms with Crippen molar-refractivity contribution in [2.75, 3.05) is 6.67 Å². The number of aryl methyl sites for hydroxylation is 1. The molecule has 1 aliphatic heterocycles.